The lowest BCUT2D eigenvalue weighted by Crippen LogP contribution is -2.37. The van der Waals surface area contributed by atoms with Gasteiger partial charge in [0, 0.05) is 43.2 Å². The number of benzene rings is 1. The first-order valence-electron chi connectivity index (χ1n) is 8.72. The van der Waals surface area contributed by atoms with E-state index >= 15 is 0 Å². The first kappa shape index (κ1) is 17.5. The molecule has 134 valence electrons. The van der Waals surface area contributed by atoms with Crippen LogP contribution in [0.3, 0.4) is 0 Å². The number of likely N-dealkylation sites (N-methyl/N-ethyl adjacent to an activating group) is 1. The van der Waals surface area contributed by atoms with Crippen molar-refractivity contribution in [2.75, 3.05) is 25.1 Å². The Bertz CT molecular complexity index is 690. The van der Waals surface area contributed by atoms with Crippen LogP contribution in [-0.2, 0) is 10.2 Å². The Kier molecular flexibility index (Phi) is 5.08. The van der Waals surface area contributed by atoms with Crippen LogP contribution in [0.4, 0.5) is 10.5 Å². The minimum atomic E-state index is -0.313. The highest BCUT2D eigenvalue weighted by atomic mass is 16.5. The molecule has 1 unspecified atom stereocenters. The van der Waals surface area contributed by atoms with Gasteiger partial charge in [-0.1, -0.05) is 32.0 Å². The molecule has 1 aromatic carbocycles. The molecule has 0 aliphatic carbocycles. The molecule has 2 amide bonds. The minimum Gasteiger partial charge on any atom is -0.376 e. The van der Waals surface area contributed by atoms with Gasteiger partial charge < -0.3 is 15.0 Å². The zero-order chi connectivity index (χ0) is 17.9. The Hall–Kier alpha value is -2.34. The number of para-hydroxylation sites is 1. The van der Waals surface area contributed by atoms with Crippen LogP contribution < -0.4 is 15.6 Å². The first-order chi connectivity index (χ1) is 12.0. The molecule has 0 spiro atoms. The van der Waals surface area contributed by atoms with Gasteiger partial charge in [0.05, 0.1) is 6.10 Å². The highest BCUT2D eigenvalue weighted by molar-refractivity contribution is 5.81. The summed E-state index contributed by atoms with van der Waals surface area (Å²) >= 11 is 0. The molecular formula is C19H26N4O2. The van der Waals surface area contributed by atoms with Crippen LogP contribution in [-0.4, -0.2) is 38.5 Å². The fourth-order valence-electron chi connectivity index (χ4n) is 3.56. The van der Waals surface area contributed by atoms with Gasteiger partial charge in [-0.15, -0.1) is 0 Å². The second-order valence-electron chi connectivity index (χ2n) is 6.99. The number of fused-ring (bicyclic) bond motifs is 1. The van der Waals surface area contributed by atoms with Crippen molar-refractivity contribution in [3.05, 3.63) is 41.6 Å². The van der Waals surface area contributed by atoms with E-state index in [2.05, 4.69) is 59.8 Å². The lowest BCUT2D eigenvalue weighted by atomic mass is 9.84. The van der Waals surface area contributed by atoms with Gasteiger partial charge in [0.1, 0.15) is 0 Å². The van der Waals surface area contributed by atoms with Gasteiger partial charge in [-0.25, -0.2) is 10.2 Å². The van der Waals surface area contributed by atoms with Crippen molar-refractivity contribution < 1.29 is 9.53 Å². The van der Waals surface area contributed by atoms with Gasteiger partial charge >= 0.3 is 6.03 Å². The van der Waals surface area contributed by atoms with Crippen molar-refractivity contribution in [2.24, 2.45) is 5.10 Å². The number of carbonyl (C=O) groups is 1. The number of rotatable bonds is 4. The number of nitrogens with one attached hydrogen (secondary N) is 2. The number of hydrogen-bond donors (Lipinski definition) is 2. The molecule has 0 bridgehead atoms. The summed E-state index contributed by atoms with van der Waals surface area (Å²) in [6.45, 7) is 5.69. The van der Waals surface area contributed by atoms with Crippen molar-refractivity contribution in [1.82, 2.24) is 10.7 Å². The van der Waals surface area contributed by atoms with Gasteiger partial charge in [0.25, 0.3) is 0 Å². The highest BCUT2D eigenvalue weighted by Gasteiger charge is 2.37. The molecule has 2 aliphatic rings. The molecule has 2 heterocycles. The summed E-state index contributed by atoms with van der Waals surface area (Å²) in [5.74, 6) is 0. The van der Waals surface area contributed by atoms with Gasteiger partial charge in [-0.2, -0.15) is 5.10 Å². The molecule has 1 saturated heterocycles. The summed E-state index contributed by atoms with van der Waals surface area (Å²) in [6, 6.07) is 8.06. The van der Waals surface area contributed by atoms with Gasteiger partial charge in [-0.05, 0) is 30.5 Å². The fourth-order valence-corrected chi connectivity index (χ4v) is 3.56. The molecule has 6 nitrogen and oxygen atoms in total. The van der Waals surface area contributed by atoms with E-state index in [9.17, 15) is 4.79 Å². The fraction of sp³-hybridized carbons (Fsp3) is 0.474. The Morgan fingerprint density at radius 1 is 1.44 bits per heavy atom. The third kappa shape index (κ3) is 3.69. The van der Waals surface area contributed by atoms with Crippen molar-refractivity contribution in [3.63, 3.8) is 0 Å². The van der Waals surface area contributed by atoms with Crippen molar-refractivity contribution in [1.29, 1.82) is 0 Å². The number of amides is 2. The summed E-state index contributed by atoms with van der Waals surface area (Å²) in [6.07, 6.45) is 5.76. The molecule has 1 atom stereocenters. The maximum absolute atomic E-state index is 11.7. The van der Waals surface area contributed by atoms with E-state index < -0.39 is 0 Å². The molecule has 1 aromatic rings. The first-order valence-corrected chi connectivity index (χ1v) is 8.72. The normalized spacial score (nSPS) is 23.2. The van der Waals surface area contributed by atoms with Gasteiger partial charge in [0.15, 0.2) is 0 Å². The second-order valence-corrected chi connectivity index (χ2v) is 6.99. The van der Waals surface area contributed by atoms with Crippen LogP contribution in [0.5, 0.6) is 0 Å². The molecule has 0 aromatic heterocycles. The number of allylic oxidation sites excluding steroid dienone is 2. The van der Waals surface area contributed by atoms with Crippen LogP contribution in [0.15, 0.2) is 41.1 Å². The average molecular weight is 342 g/mol. The highest BCUT2D eigenvalue weighted by Crippen LogP contribution is 2.46. The van der Waals surface area contributed by atoms with Gasteiger partial charge in [0.2, 0.25) is 0 Å². The second kappa shape index (κ2) is 7.27. The molecule has 0 radical (unpaired) electrons. The summed E-state index contributed by atoms with van der Waals surface area (Å²) in [7, 11) is 2.05. The number of nitrogens with zero attached hydrogens (tertiary/aromatic N) is 2. The predicted octanol–water partition coefficient (Wildman–Crippen LogP) is 2.76. The number of ether oxygens (including phenoxy) is 1. The van der Waals surface area contributed by atoms with E-state index in [4.69, 9.17) is 4.74 Å². The average Bonchev–Trinajstić information content (AvgIpc) is 3.18. The Morgan fingerprint density at radius 3 is 2.96 bits per heavy atom. The maximum atomic E-state index is 11.7. The summed E-state index contributed by atoms with van der Waals surface area (Å²) in [5.41, 5.74) is 6.03. The molecule has 0 saturated carbocycles. The topological polar surface area (TPSA) is 66.0 Å². The predicted molar refractivity (Wildman–Crippen MR) is 100.0 cm³/mol. The molecule has 6 heteroatoms. The van der Waals surface area contributed by atoms with Crippen LogP contribution >= 0.6 is 0 Å². The van der Waals surface area contributed by atoms with Crippen LogP contribution in [0.1, 0.15) is 32.3 Å². The maximum Gasteiger partial charge on any atom is 0.335 e. The third-order valence-corrected chi connectivity index (χ3v) is 4.93. The monoisotopic (exact) mass is 342 g/mol. The van der Waals surface area contributed by atoms with Crippen molar-refractivity contribution >= 4 is 17.9 Å². The molecular weight excluding hydrogens is 316 g/mol. The smallest absolute Gasteiger partial charge is 0.335 e. The standard InChI is InChI=1S/C19H26N4O2/c1-19(2)15-8-4-5-9-16(15)23(3)17(19)10-11-21-22-18(24)20-13-14-7-6-12-25-14/h4-5,8-11,14H,6-7,12-13H2,1-3H3,(H2,20,22,24). The number of carbonyl (C=O) groups excluding carboxylic acids is 1. The van der Waals surface area contributed by atoms with Crippen LogP contribution in [0, 0.1) is 0 Å². The van der Waals surface area contributed by atoms with E-state index in [0.717, 1.165) is 25.1 Å². The lowest BCUT2D eigenvalue weighted by molar-refractivity contribution is 0.111. The van der Waals surface area contributed by atoms with Gasteiger partial charge in [-0.3, -0.25) is 0 Å². The van der Waals surface area contributed by atoms with Crippen molar-refractivity contribution in [2.45, 2.75) is 38.2 Å². The number of anilines is 1. The Labute approximate surface area is 148 Å². The molecule has 3 rings (SSSR count). The SMILES string of the molecule is CN1C(=CC=NNC(=O)NCC2CCCO2)C(C)(C)c2ccccc21. The minimum absolute atomic E-state index is 0.0978. The zero-order valence-corrected chi connectivity index (χ0v) is 15.1. The molecule has 2 aliphatic heterocycles. The number of urea groups is 1. The molecule has 2 N–H and O–H groups in total. The summed E-state index contributed by atoms with van der Waals surface area (Å²) < 4.78 is 5.47. The molecule has 1 fully saturated rings. The quantitative estimate of drug-likeness (QED) is 0.653. The van der Waals surface area contributed by atoms with E-state index in [1.54, 1.807) is 6.21 Å². The Morgan fingerprint density at radius 2 is 2.24 bits per heavy atom. The lowest BCUT2D eigenvalue weighted by Gasteiger charge is -2.23. The zero-order valence-electron chi connectivity index (χ0n) is 15.1. The summed E-state index contributed by atoms with van der Waals surface area (Å²) in [5, 5.41) is 6.78. The third-order valence-electron chi connectivity index (χ3n) is 4.93. The van der Waals surface area contributed by atoms with Crippen LogP contribution in [0.2, 0.25) is 0 Å². The number of hydrazone groups is 1. The van der Waals surface area contributed by atoms with E-state index in [1.807, 2.05) is 12.1 Å². The van der Waals surface area contributed by atoms with Crippen molar-refractivity contribution in [3.8, 4) is 0 Å². The van der Waals surface area contributed by atoms with Crippen LogP contribution in [0.25, 0.3) is 0 Å². The Balaban J connectivity index is 1.56. The van der Waals surface area contributed by atoms with E-state index in [1.165, 1.54) is 11.3 Å². The van der Waals surface area contributed by atoms with E-state index in [0.29, 0.717) is 6.54 Å². The number of hydrogen-bond acceptors (Lipinski definition) is 4. The largest absolute Gasteiger partial charge is 0.376 e. The van der Waals surface area contributed by atoms with E-state index in [-0.39, 0.29) is 17.6 Å². The molecule has 25 heavy (non-hydrogen) atoms. The summed E-state index contributed by atoms with van der Waals surface area (Å²) in [4.78, 5) is 13.9.